The highest BCUT2D eigenvalue weighted by atomic mass is 19.1. The molecule has 0 saturated heterocycles. The van der Waals surface area contributed by atoms with Gasteiger partial charge in [-0.15, -0.1) is 0 Å². The number of rotatable bonds is 6. The third kappa shape index (κ3) is 3.47. The third-order valence-electron chi connectivity index (χ3n) is 4.54. The average Bonchev–Trinajstić information content (AvgIpc) is 3.32. The molecular formula is C18H23FN4O. The lowest BCUT2D eigenvalue weighted by Crippen LogP contribution is -2.45. The molecule has 24 heavy (non-hydrogen) atoms. The van der Waals surface area contributed by atoms with Crippen LogP contribution in [0.3, 0.4) is 0 Å². The van der Waals surface area contributed by atoms with E-state index in [-0.39, 0.29) is 11.8 Å². The molecule has 1 unspecified atom stereocenters. The van der Waals surface area contributed by atoms with Crippen molar-refractivity contribution in [2.75, 3.05) is 11.6 Å². The van der Waals surface area contributed by atoms with Gasteiger partial charge in [0.05, 0.1) is 18.1 Å². The summed E-state index contributed by atoms with van der Waals surface area (Å²) in [7, 11) is 0. The van der Waals surface area contributed by atoms with Crippen LogP contribution in [0.1, 0.15) is 38.9 Å². The molecule has 3 rings (SSSR count). The number of carbonyl (C=O) groups is 1. The summed E-state index contributed by atoms with van der Waals surface area (Å²) in [5.74, 6) is 0.953. The Morgan fingerprint density at radius 3 is 2.83 bits per heavy atom. The van der Waals surface area contributed by atoms with Crippen LogP contribution < -0.4 is 5.01 Å². The fourth-order valence-electron chi connectivity index (χ4n) is 2.66. The SMILES string of the molecule is CCC(C)C(=O)N(CC1CC1)n1cc(-c2cncc(F)c2)nc1C. The van der Waals surface area contributed by atoms with Crippen molar-refractivity contribution in [1.29, 1.82) is 0 Å². The summed E-state index contributed by atoms with van der Waals surface area (Å²) >= 11 is 0. The zero-order chi connectivity index (χ0) is 17.3. The van der Waals surface area contributed by atoms with Gasteiger partial charge in [0.2, 0.25) is 5.91 Å². The fraction of sp³-hybridized carbons (Fsp3) is 0.500. The summed E-state index contributed by atoms with van der Waals surface area (Å²) in [6, 6.07) is 1.40. The van der Waals surface area contributed by atoms with Crippen LogP contribution in [0.15, 0.2) is 24.7 Å². The number of aryl methyl sites for hydroxylation is 1. The molecule has 0 spiro atoms. The Morgan fingerprint density at radius 1 is 1.46 bits per heavy atom. The van der Waals surface area contributed by atoms with Crippen molar-refractivity contribution in [2.24, 2.45) is 11.8 Å². The summed E-state index contributed by atoms with van der Waals surface area (Å²) in [4.78, 5) is 21.2. The van der Waals surface area contributed by atoms with Crippen molar-refractivity contribution in [3.8, 4) is 11.3 Å². The average molecular weight is 330 g/mol. The van der Waals surface area contributed by atoms with Crippen molar-refractivity contribution in [3.05, 3.63) is 36.3 Å². The highest BCUT2D eigenvalue weighted by Crippen LogP contribution is 2.30. The molecule has 0 aliphatic heterocycles. The largest absolute Gasteiger partial charge is 0.273 e. The normalized spacial score (nSPS) is 15.3. The Hall–Kier alpha value is -2.24. The molecule has 1 atom stereocenters. The van der Waals surface area contributed by atoms with Crippen molar-refractivity contribution < 1.29 is 9.18 Å². The smallest absolute Gasteiger partial charge is 0.244 e. The number of hydrogen-bond acceptors (Lipinski definition) is 3. The Kier molecular flexibility index (Phi) is 4.64. The number of carbonyl (C=O) groups excluding carboxylic acids is 1. The standard InChI is InChI=1S/C18H23FN4O/c1-4-12(2)18(24)23(10-14-5-6-14)22-11-17(21-13(22)3)15-7-16(19)9-20-8-15/h7-9,11-12,14H,4-6,10H2,1-3H3. The highest BCUT2D eigenvalue weighted by molar-refractivity contribution is 5.88. The molecule has 2 aromatic heterocycles. The predicted octanol–water partition coefficient (Wildman–Crippen LogP) is 3.31. The molecule has 1 fully saturated rings. The lowest BCUT2D eigenvalue weighted by molar-refractivity contribution is -0.123. The van der Waals surface area contributed by atoms with E-state index in [4.69, 9.17) is 0 Å². The Balaban J connectivity index is 1.94. The van der Waals surface area contributed by atoms with Gasteiger partial charge in [0.15, 0.2) is 0 Å². The van der Waals surface area contributed by atoms with E-state index in [2.05, 4.69) is 9.97 Å². The molecule has 0 bridgehead atoms. The van der Waals surface area contributed by atoms with Crippen molar-refractivity contribution >= 4 is 5.91 Å². The molecule has 1 aliphatic rings. The number of aromatic nitrogens is 3. The number of pyridine rings is 1. The molecule has 2 heterocycles. The third-order valence-corrected chi connectivity index (χ3v) is 4.54. The van der Waals surface area contributed by atoms with Crippen LogP contribution in [0.4, 0.5) is 4.39 Å². The van der Waals surface area contributed by atoms with Gasteiger partial charge < -0.3 is 0 Å². The fourth-order valence-corrected chi connectivity index (χ4v) is 2.66. The van der Waals surface area contributed by atoms with Crippen LogP contribution in [0, 0.1) is 24.6 Å². The van der Waals surface area contributed by atoms with Gasteiger partial charge in [-0.2, -0.15) is 0 Å². The monoisotopic (exact) mass is 330 g/mol. The first-order chi connectivity index (χ1) is 11.5. The van der Waals surface area contributed by atoms with Crippen LogP contribution in [0.2, 0.25) is 0 Å². The van der Waals surface area contributed by atoms with E-state index in [1.807, 2.05) is 25.4 Å². The van der Waals surface area contributed by atoms with E-state index < -0.39 is 5.82 Å². The molecule has 2 aromatic rings. The quantitative estimate of drug-likeness (QED) is 0.816. The Bertz CT molecular complexity index is 738. The van der Waals surface area contributed by atoms with Crippen LogP contribution >= 0.6 is 0 Å². The maximum atomic E-state index is 13.4. The van der Waals surface area contributed by atoms with Gasteiger partial charge in [-0.25, -0.2) is 19.1 Å². The second-order valence-corrected chi connectivity index (χ2v) is 6.58. The first kappa shape index (κ1) is 16.6. The summed E-state index contributed by atoms with van der Waals surface area (Å²) in [5, 5.41) is 1.80. The maximum Gasteiger partial charge on any atom is 0.244 e. The number of halogens is 1. The van der Waals surface area contributed by atoms with Gasteiger partial charge >= 0.3 is 0 Å². The summed E-state index contributed by atoms with van der Waals surface area (Å²) in [6.45, 7) is 6.54. The van der Waals surface area contributed by atoms with Crippen molar-refractivity contribution in [1.82, 2.24) is 14.6 Å². The minimum atomic E-state index is -0.398. The van der Waals surface area contributed by atoms with E-state index in [1.54, 1.807) is 17.4 Å². The Labute approximate surface area is 141 Å². The van der Waals surface area contributed by atoms with Gasteiger partial charge in [-0.1, -0.05) is 13.8 Å². The Morgan fingerprint density at radius 2 is 2.21 bits per heavy atom. The van der Waals surface area contributed by atoms with Crippen molar-refractivity contribution in [3.63, 3.8) is 0 Å². The van der Waals surface area contributed by atoms with Crippen LogP contribution in [-0.4, -0.2) is 27.1 Å². The van der Waals surface area contributed by atoms with E-state index in [1.165, 1.54) is 25.1 Å². The number of amides is 1. The molecule has 0 N–H and O–H groups in total. The molecule has 0 radical (unpaired) electrons. The van der Waals surface area contributed by atoms with Gasteiger partial charge in [0, 0.05) is 24.2 Å². The maximum absolute atomic E-state index is 13.4. The van der Waals surface area contributed by atoms with E-state index in [0.717, 1.165) is 6.42 Å². The van der Waals surface area contributed by atoms with Crippen LogP contribution in [0.25, 0.3) is 11.3 Å². The number of hydrogen-bond donors (Lipinski definition) is 0. The first-order valence-electron chi connectivity index (χ1n) is 8.48. The first-order valence-corrected chi connectivity index (χ1v) is 8.48. The molecule has 1 aliphatic carbocycles. The molecule has 1 amide bonds. The molecule has 6 heteroatoms. The second-order valence-electron chi connectivity index (χ2n) is 6.58. The lowest BCUT2D eigenvalue weighted by atomic mass is 10.1. The zero-order valence-electron chi connectivity index (χ0n) is 14.4. The highest BCUT2D eigenvalue weighted by Gasteiger charge is 2.30. The summed E-state index contributed by atoms with van der Waals surface area (Å²) < 4.78 is 15.2. The number of imidazole rings is 1. The topological polar surface area (TPSA) is 51.0 Å². The minimum absolute atomic E-state index is 0.0372. The van der Waals surface area contributed by atoms with E-state index >= 15 is 0 Å². The summed E-state index contributed by atoms with van der Waals surface area (Å²) in [5.41, 5.74) is 1.23. The minimum Gasteiger partial charge on any atom is -0.273 e. The van der Waals surface area contributed by atoms with Gasteiger partial charge in [-0.05, 0) is 38.2 Å². The predicted molar refractivity (Wildman–Crippen MR) is 90.4 cm³/mol. The van der Waals surface area contributed by atoms with Gasteiger partial charge in [0.25, 0.3) is 0 Å². The van der Waals surface area contributed by atoms with Gasteiger partial charge in [0.1, 0.15) is 11.6 Å². The summed E-state index contributed by atoms with van der Waals surface area (Å²) in [6.07, 6.45) is 7.68. The van der Waals surface area contributed by atoms with Crippen LogP contribution in [0.5, 0.6) is 0 Å². The van der Waals surface area contributed by atoms with Crippen molar-refractivity contribution in [2.45, 2.75) is 40.0 Å². The molecule has 1 saturated carbocycles. The second kappa shape index (κ2) is 6.71. The molecule has 0 aromatic carbocycles. The molecule has 128 valence electrons. The number of nitrogens with zero attached hydrogens (tertiary/aromatic N) is 4. The molecule has 5 nitrogen and oxygen atoms in total. The zero-order valence-corrected chi connectivity index (χ0v) is 14.4. The molecular weight excluding hydrogens is 307 g/mol. The lowest BCUT2D eigenvalue weighted by Gasteiger charge is -2.27. The van der Waals surface area contributed by atoms with E-state index in [0.29, 0.717) is 29.5 Å². The van der Waals surface area contributed by atoms with Gasteiger partial charge in [-0.3, -0.25) is 9.78 Å². The van der Waals surface area contributed by atoms with E-state index in [9.17, 15) is 9.18 Å². The van der Waals surface area contributed by atoms with Crippen LogP contribution in [-0.2, 0) is 4.79 Å².